The van der Waals surface area contributed by atoms with Crippen LogP contribution in [0.5, 0.6) is 5.75 Å². The summed E-state index contributed by atoms with van der Waals surface area (Å²) >= 11 is 0. The van der Waals surface area contributed by atoms with Gasteiger partial charge in [0.15, 0.2) is 0 Å². The first-order chi connectivity index (χ1) is 7.02. The molecule has 1 fully saturated rings. The van der Waals surface area contributed by atoms with Crippen LogP contribution in [-0.2, 0) is 6.18 Å². The molecule has 1 aliphatic carbocycles. The first-order valence-corrected chi connectivity index (χ1v) is 4.77. The Kier molecular flexibility index (Phi) is 2.37. The minimum Gasteiger partial charge on any atom is -0.496 e. The van der Waals surface area contributed by atoms with E-state index in [2.05, 4.69) is 0 Å². The van der Waals surface area contributed by atoms with E-state index in [0.29, 0.717) is 11.7 Å². The molecule has 0 aromatic heterocycles. The number of halogens is 3. The van der Waals surface area contributed by atoms with Crippen molar-refractivity contribution in [3.8, 4) is 5.75 Å². The number of rotatable bonds is 2. The molecule has 0 heterocycles. The van der Waals surface area contributed by atoms with Crippen molar-refractivity contribution in [1.82, 2.24) is 0 Å². The highest BCUT2D eigenvalue weighted by Gasteiger charge is 2.33. The molecule has 1 saturated carbocycles. The van der Waals surface area contributed by atoms with Crippen LogP contribution in [0.1, 0.15) is 29.9 Å². The smallest absolute Gasteiger partial charge is 0.416 e. The van der Waals surface area contributed by atoms with E-state index in [0.717, 1.165) is 30.5 Å². The number of hydrogen-bond donors (Lipinski definition) is 0. The number of hydrogen-bond acceptors (Lipinski definition) is 1. The normalized spacial score (nSPS) is 16.5. The summed E-state index contributed by atoms with van der Waals surface area (Å²) in [5, 5.41) is 0. The molecule has 1 nitrogen and oxygen atoms in total. The van der Waals surface area contributed by atoms with Crippen LogP contribution in [0, 0.1) is 0 Å². The van der Waals surface area contributed by atoms with Crippen molar-refractivity contribution >= 4 is 0 Å². The summed E-state index contributed by atoms with van der Waals surface area (Å²) in [6.45, 7) is 0. The summed E-state index contributed by atoms with van der Waals surface area (Å²) in [6.07, 6.45) is -2.21. The molecule has 15 heavy (non-hydrogen) atoms. The fourth-order valence-corrected chi connectivity index (χ4v) is 1.62. The highest BCUT2D eigenvalue weighted by Crippen LogP contribution is 2.45. The second-order valence-electron chi connectivity index (χ2n) is 3.73. The lowest BCUT2D eigenvalue weighted by Crippen LogP contribution is -2.05. The van der Waals surface area contributed by atoms with E-state index < -0.39 is 11.7 Å². The van der Waals surface area contributed by atoms with Crippen LogP contribution < -0.4 is 4.74 Å². The average Bonchev–Trinajstić information content (AvgIpc) is 2.98. The second kappa shape index (κ2) is 3.43. The molecular formula is C11H11F3O. The highest BCUT2D eigenvalue weighted by atomic mass is 19.4. The number of benzene rings is 1. The summed E-state index contributed by atoms with van der Waals surface area (Å²) in [5.41, 5.74) is 0.245. The third-order valence-electron chi connectivity index (χ3n) is 2.58. The molecule has 0 aliphatic heterocycles. The van der Waals surface area contributed by atoms with Gasteiger partial charge in [-0.25, -0.2) is 0 Å². The highest BCUT2D eigenvalue weighted by molar-refractivity contribution is 5.42. The zero-order valence-electron chi connectivity index (χ0n) is 8.27. The molecule has 2 rings (SSSR count). The van der Waals surface area contributed by atoms with Crippen molar-refractivity contribution in [1.29, 1.82) is 0 Å². The standard InChI is InChI=1S/C11H11F3O/c1-15-10-6-8(11(12,13)14)4-5-9(10)7-2-3-7/h4-7H,2-3H2,1H3. The quantitative estimate of drug-likeness (QED) is 0.734. The predicted molar refractivity (Wildman–Crippen MR) is 50.0 cm³/mol. The molecule has 1 aromatic carbocycles. The summed E-state index contributed by atoms with van der Waals surface area (Å²) < 4.78 is 42.2. The van der Waals surface area contributed by atoms with E-state index >= 15 is 0 Å². The molecule has 0 spiro atoms. The van der Waals surface area contributed by atoms with Gasteiger partial charge in [-0.2, -0.15) is 13.2 Å². The van der Waals surface area contributed by atoms with Gasteiger partial charge in [0.2, 0.25) is 0 Å². The van der Waals surface area contributed by atoms with Gasteiger partial charge >= 0.3 is 6.18 Å². The van der Waals surface area contributed by atoms with Gasteiger partial charge in [-0.05, 0) is 36.5 Å². The van der Waals surface area contributed by atoms with Gasteiger partial charge in [0.1, 0.15) is 5.75 Å². The van der Waals surface area contributed by atoms with Crippen LogP contribution in [0.4, 0.5) is 13.2 Å². The summed E-state index contributed by atoms with van der Waals surface area (Å²) in [7, 11) is 1.40. The first-order valence-electron chi connectivity index (χ1n) is 4.77. The fourth-order valence-electron chi connectivity index (χ4n) is 1.62. The van der Waals surface area contributed by atoms with Gasteiger partial charge in [-0.15, -0.1) is 0 Å². The van der Waals surface area contributed by atoms with E-state index in [9.17, 15) is 13.2 Å². The lowest BCUT2D eigenvalue weighted by molar-refractivity contribution is -0.137. The maximum atomic E-state index is 12.4. The topological polar surface area (TPSA) is 9.23 Å². The molecule has 0 unspecified atom stereocenters. The number of alkyl halides is 3. The van der Waals surface area contributed by atoms with E-state index in [1.54, 1.807) is 0 Å². The zero-order chi connectivity index (χ0) is 11.1. The summed E-state index contributed by atoms with van der Waals surface area (Å²) in [4.78, 5) is 0. The minimum atomic E-state index is -4.30. The van der Waals surface area contributed by atoms with Gasteiger partial charge in [-0.1, -0.05) is 6.07 Å². The molecule has 0 saturated heterocycles. The second-order valence-corrected chi connectivity index (χ2v) is 3.73. The van der Waals surface area contributed by atoms with Gasteiger partial charge in [0.25, 0.3) is 0 Å². The Labute approximate surface area is 85.9 Å². The van der Waals surface area contributed by atoms with Crippen LogP contribution in [0.2, 0.25) is 0 Å². The van der Waals surface area contributed by atoms with Crippen molar-refractivity contribution in [2.75, 3.05) is 7.11 Å². The predicted octanol–water partition coefficient (Wildman–Crippen LogP) is 3.59. The third-order valence-corrected chi connectivity index (χ3v) is 2.58. The van der Waals surface area contributed by atoms with Gasteiger partial charge in [0, 0.05) is 0 Å². The Morgan fingerprint density at radius 2 is 1.93 bits per heavy atom. The largest absolute Gasteiger partial charge is 0.496 e. The van der Waals surface area contributed by atoms with Crippen molar-refractivity contribution in [2.45, 2.75) is 24.9 Å². The van der Waals surface area contributed by atoms with Crippen LogP contribution in [-0.4, -0.2) is 7.11 Å². The van der Waals surface area contributed by atoms with Crippen molar-refractivity contribution < 1.29 is 17.9 Å². The Hall–Kier alpha value is -1.19. The van der Waals surface area contributed by atoms with E-state index in [1.165, 1.54) is 13.2 Å². The molecular weight excluding hydrogens is 205 g/mol. The SMILES string of the molecule is COc1cc(C(F)(F)F)ccc1C1CC1. The van der Waals surface area contributed by atoms with E-state index in [-0.39, 0.29) is 0 Å². The lowest BCUT2D eigenvalue weighted by atomic mass is 10.1. The molecule has 0 N–H and O–H groups in total. The maximum absolute atomic E-state index is 12.4. The molecule has 1 aliphatic rings. The number of ether oxygens (including phenoxy) is 1. The van der Waals surface area contributed by atoms with Crippen LogP contribution in [0.3, 0.4) is 0 Å². The van der Waals surface area contributed by atoms with E-state index in [1.807, 2.05) is 0 Å². The van der Waals surface area contributed by atoms with Crippen molar-refractivity contribution in [3.63, 3.8) is 0 Å². The first kappa shape index (κ1) is 10.3. The summed E-state index contributed by atoms with van der Waals surface area (Å²) in [6, 6.07) is 3.73. The van der Waals surface area contributed by atoms with Crippen molar-refractivity contribution in [2.24, 2.45) is 0 Å². The van der Waals surface area contributed by atoms with Crippen molar-refractivity contribution in [3.05, 3.63) is 29.3 Å². The monoisotopic (exact) mass is 216 g/mol. The van der Waals surface area contributed by atoms with Crippen LogP contribution in [0.15, 0.2) is 18.2 Å². The van der Waals surface area contributed by atoms with Gasteiger partial charge in [0.05, 0.1) is 12.7 Å². The molecule has 4 heteroatoms. The Morgan fingerprint density at radius 1 is 1.27 bits per heavy atom. The molecule has 1 aromatic rings. The minimum absolute atomic E-state index is 0.354. The summed E-state index contributed by atoms with van der Waals surface area (Å²) in [5.74, 6) is 0.745. The molecule has 0 amide bonds. The lowest BCUT2D eigenvalue weighted by Gasteiger charge is -2.11. The maximum Gasteiger partial charge on any atom is 0.416 e. The zero-order valence-corrected chi connectivity index (χ0v) is 8.27. The van der Waals surface area contributed by atoms with Gasteiger partial charge < -0.3 is 4.74 Å². The Bertz CT molecular complexity index is 367. The third kappa shape index (κ3) is 2.08. The number of methoxy groups -OCH3 is 1. The molecule has 0 atom stereocenters. The van der Waals surface area contributed by atoms with Crippen LogP contribution >= 0.6 is 0 Å². The van der Waals surface area contributed by atoms with E-state index in [4.69, 9.17) is 4.74 Å². The molecule has 82 valence electrons. The molecule has 0 bridgehead atoms. The molecule has 0 radical (unpaired) electrons. The Balaban J connectivity index is 2.38. The average molecular weight is 216 g/mol. The van der Waals surface area contributed by atoms with Crippen LogP contribution in [0.25, 0.3) is 0 Å². The van der Waals surface area contributed by atoms with Gasteiger partial charge in [-0.3, -0.25) is 0 Å². The fraction of sp³-hybridized carbons (Fsp3) is 0.455. The Morgan fingerprint density at radius 3 is 2.40 bits per heavy atom.